The Balaban J connectivity index is 1.40. The molecular formula is C24H22Cl2N4OS. The van der Waals surface area contributed by atoms with Gasteiger partial charge in [0, 0.05) is 35.3 Å². The summed E-state index contributed by atoms with van der Waals surface area (Å²) < 4.78 is 0. The van der Waals surface area contributed by atoms with Gasteiger partial charge in [-0.1, -0.05) is 49.2 Å². The van der Waals surface area contributed by atoms with E-state index in [4.69, 9.17) is 23.2 Å². The van der Waals surface area contributed by atoms with Crippen molar-refractivity contribution in [2.24, 2.45) is 0 Å². The van der Waals surface area contributed by atoms with Crippen LogP contribution in [0.1, 0.15) is 35.3 Å². The zero-order valence-corrected chi connectivity index (χ0v) is 20.0. The van der Waals surface area contributed by atoms with Crippen molar-refractivity contribution >= 4 is 58.1 Å². The van der Waals surface area contributed by atoms with Gasteiger partial charge in [-0.05, 0) is 41.5 Å². The Morgan fingerprint density at radius 1 is 1.16 bits per heavy atom. The number of pyridine rings is 1. The quantitative estimate of drug-likeness (QED) is 0.461. The van der Waals surface area contributed by atoms with E-state index in [9.17, 15) is 4.79 Å². The van der Waals surface area contributed by atoms with Crippen molar-refractivity contribution in [3.8, 4) is 0 Å². The van der Waals surface area contributed by atoms with Crippen LogP contribution in [0.15, 0.2) is 53.6 Å². The largest absolute Gasteiger partial charge is 0.340 e. The fourth-order valence-corrected chi connectivity index (χ4v) is 5.87. The molecule has 0 aliphatic carbocycles. The standard InChI is InChI=1S/C24H22Cl2N4OS/c1-24(2)12-27-10-14-8-15(6-7-17(14)24)29-21-9-20-16(11-28-21)23(31)30(13-32-20)22-18(25)4-3-5-19(22)26/h3-9,11,27H,10,12-13H2,1-2H3,(H,28,29). The number of rotatable bonds is 3. The number of carbonyl (C=O) groups is 1. The minimum atomic E-state index is -0.158. The van der Waals surface area contributed by atoms with Crippen LogP contribution in [0.4, 0.5) is 17.2 Å². The second kappa shape index (κ2) is 8.27. The van der Waals surface area contributed by atoms with E-state index in [1.165, 1.54) is 11.1 Å². The molecule has 2 aromatic carbocycles. The van der Waals surface area contributed by atoms with E-state index < -0.39 is 0 Å². The van der Waals surface area contributed by atoms with Crippen molar-refractivity contribution < 1.29 is 4.79 Å². The minimum Gasteiger partial charge on any atom is -0.340 e. The van der Waals surface area contributed by atoms with Crippen LogP contribution in [-0.2, 0) is 12.0 Å². The third-order valence-electron chi connectivity index (χ3n) is 5.89. The number of carbonyl (C=O) groups excluding carboxylic acids is 1. The first kappa shape index (κ1) is 21.6. The van der Waals surface area contributed by atoms with Gasteiger partial charge in [-0.25, -0.2) is 4.98 Å². The number of hydrogen-bond acceptors (Lipinski definition) is 5. The highest BCUT2D eigenvalue weighted by Gasteiger charge is 2.30. The normalized spacial score (nSPS) is 17.0. The molecule has 2 aliphatic rings. The van der Waals surface area contributed by atoms with E-state index in [1.807, 2.05) is 6.07 Å². The molecule has 0 spiro atoms. The summed E-state index contributed by atoms with van der Waals surface area (Å²) >= 11 is 14.2. The number of anilines is 3. The molecule has 0 unspecified atom stereocenters. The first-order chi connectivity index (χ1) is 15.3. The molecule has 5 nitrogen and oxygen atoms in total. The summed E-state index contributed by atoms with van der Waals surface area (Å²) in [6, 6.07) is 13.6. The summed E-state index contributed by atoms with van der Waals surface area (Å²) in [4.78, 5) is 20.1. The maximum atomic E-state index is 13.1. The summed E-state index contributed by atoms with van der Waals surface area (Å²) in [6.07, 6.45) is 1.62. The van der Waals surface area contributed by atoms with Crippen LogP contribution in [0.2, 0.25) is 10.0 Å². The van der Waals surface area contributed by atoms with Crippen molar-refractivity contribution in [3.63, 3.8) is 0 Å². The molecule has 0 saturated heterocycles. The SMILES string of the molecule is CC1(C)CNCc2cc(Nc3cc4c(cn3)C(=O)N(c3c(Cl)cccc3Cl)CS4)ccc21. The molecule has 164 valence electrons. The minimum absolute atomic E-state index is 0.115. The van der Waals surface area contributed by atoms with E-state index >= 15 is 0 Å². The maximum absolute atomic E-state index is 13.1. The second-order valence-corrected chi connectivity index (χ2v) is 10.4. The van der Waals surface area contributed by atoms with Gasteiger partial charge in [0.05, 0.1) is 27.2 Å². The first-order valence-corrected chi connectivity index (χ1v) is 12.1. The Hall–Kier alpha value is -2.25. The highest BCUT2D eigenvalue weighted by Crippen LogP contribution is 2.40. The predicted octanol–water partition coefficient (Wildman–Crippen LogP) is 6.22. The van der Waals surface area contributed by atoms with Gasteiger partial charge in [-0.3, -0.25) is 9.69 Å². The maximum Gasteiger partial charge on any atom is 0.261 e. The van der Waals surface area contributed by atoms with Gasteiger partial charge in [-0.2, -0.15) is 0 Å². The molecule has 0 atom stereocenters. The lowest BCUT2D eigenvalue weighted by molar-refractivity contribution is 0.0986. The molecule has 2 N–H and O–H groups in total. The number of benzene rings is 2. The topological polar surface area (TPSA) is 57.3 Å². The molecule has 1 aromatic heterocycles. The van der Waals surface area contributed by atoms with Gasteiger partial charge >= 0.3 is 0 Å². The Morgan fingerprint density at radius 3 is 2.72 bits per heavy atom. The van der Waals surface area contributed by atoms with Crippen molar-refractivity contribution in [1.82, 2.24) is 10.3 Å². The lowest BCUT2D eigenvalue weighted by atomic mass is 9.79. The summed E-state index contributed by atoms with van der Waals surface area (Å²) in [5, 5.41) is 7.77. The number of halogens is 2. The van der Waals surface area contributed by atoms with Crippen LogP contribution < -0.4 is 15.5 Å². The van der Waals surface area contributed by atoms with Crippen LogP contribution in [0.25, 0.3) is 0 Å². The number of aromatic nitrogens is 1. The van der Waals surface area contributed by atoms with Gasteiger partial charge in [0.25, 0.3) is 5.91 Å². The average Bonchev–Trinajstić information content (AvgIpc) is 2.75. The van der Waals surface area contributed by atoms with Crippen LogP contribution in [0.5, 0.6) is 0 Å². The van der Waals surface area contributed by atoms with E-state index in [-0.39, 0.29) is 11.3 Å². The lowest BCUT2D eigenvalue weighted by Gasteiger charge is -2.33. The van der Waals surface area contributed by atoms with Crippen LogP contribution in [0, 0.1) is 0 Å². The number of nitrogens with one attached hydrogen (secondary N) is 2. The van der Waals surface area contributed by atoms with E-state index in [2.05, 4.69) is 47.7 Å². The molecule has 5 rings (SSSR count). The van der Waals surface area contributed by atoms with Crippen molar-refractivity contribution in [1.29, 1.82) is 0 Å². The van der Waals surface area contributed by atoms with Crippen molar-refractivity contribution in [3.05, 3.63) is 75.4 Å². The number of para-hydroxylation sites is 1. The third-order valence-corrected chi connectivity index (χ3v) is 7.53. The van der Waals surface area contributed by atoms with Crippen LogP contribution in [-0.4, -0.2) is 23.3 Å². The lowest BCUT2D eigenvalue weighted by Crippen LogP contribution is -2.38. The summed E-state index contributed by atoms with van der Waals surface area (Å²) in [6.45, 7) is 6.34. The number of hydrogen-bond donors (Lipinski definition) is 2. The van der Waals surface area contributed by atoms with E-state index in [0.29, 0.717) is 33.0 Å². The number of fused-ring (bicyclic) bond motifs is 2. The third kappa shape index (κ3) is 3.86. The average molecular weight is 485 g/mol. The summed E-state index contributed by atoms with van der Waals surface area (Å²) in [5.74, 6) is 0.976. The second-order valence-electron chi connectivity index (χ2n) is 8.63. The smallest absolute Gasteiger partial charge is 0.261 e. The number of amides is 1. The molecule has 3 aromatic rings. The fraction of sp³-hybridized carbons (Fsp3) is 0.250. The highest BCUT2D eigenvalue weighted by molar-refractivity contribution is 7.99. The zero-order chi connectivity index (χ0) is 22.5. The van der Waals surface area contributed by atoms with Gasteiger partial charge < -0.3 is 10.6 Å². The molecule has 3 heterocycles. The molecule has 0 radical (unpaired) electrons. The Bertz CT molecular complexity index is 1210. The van der Waals surface area contributed by atoms with Gasteiger partial charge in [-0.15, -0.1) is 11.8 Å². The summed E-state index contributed by atoms with van der Waals surface area (Å²) in [7, 11) is 0. The van der Waals surface area contributed by atoms with Crippen LogP contribution >= 0.6 is 35.0 Å². The predicted molar refractivity (Wildman–Crippen MR) is 133 cm³/mol. The first-order valence-electron chi connectivity index (χ1n) is 10.3. The van der Waals surface area contributed by atoms with Crippen LogP contribution in [0.3, 0.4) is 0 Å². The highest BCUT2D eigenvalue weighted by atomic mass is 35.5. The zero-order valence-electron chi connectivity index (χ0n) is 17.7. The monoisotopic (exact) mass is 484 g/mol. The summed E-state index contributed by atoms with van der Waals surface area (Å²) in [5.41, 5.74) is 4.84. The Morgan fingerprint density at radius 2 is 1.94 bits per heavy atom. The molecule has 1 amide bonds. The van der Waals surface area contributed by atoms with Crippen molar-refractivity contribution in [2.75, 3.05) is 22.6 Å². The molecular weight excluding hydrogens is 463 g/mol. The van der Waals surface area contributed by atoms with Gasteiger partial charge in [0.1, 0.15) is 5.82 Å². The van der Waals surface area contributed by atoms with Gasteiger partial charge in [0.2, 0.25) is 0 Å². The van der Waals surface area contributed by atoms with E-state index in [0.717, 1.165) is 23.7 Å². The van der Waals surface area contributed by atoms with Gasteiger partial charge in [0.15, 0.2) is 0 Å². The Kier molecular flexibility index (Phi) is 5.58. The molecule has 0 fully saturated rings. The molecule has 0 saturated carbocycles. The van der Waals surface area contributed by atoms with E-state index in [1.54, 1.807) is 41.1 Å². The number of nitrogens with zero attached hydrogens (tertiary/aromatic N) is 2. The fourth-order valence-electron chi connectivity index (χ4n) is 4.27. The number of thioether (sulfide) groups is 1. The molecule has 0 bridgehead atoms. The van der Waals surface area contributed by atoms with Crippen molar-refractivity contribution in [2.45, 2.75) is 30.7 Å². The molecule has 8 heteroatoms. The Labute approximate surface area is 201 Å². The molecule has 32 heavy (non-hydrogen) atoms. The molecule has 2 aliphatic heterocycles.